The monoisotopic (exact) mass is 544 g/mol. The third kappa shape index (κ3) is 5.83. The van der Waals surface area contributed by atoms with E-state index in [1.165, 1.54) is 27.8 Å². The number of anilines is 1. The number of nitrogens with zero attached hydrogens (tertiary/aromatic N) is 2. The van der Waals surface area contributed by atoms with Crippen LogP contribution >= 0.6 is 0 Å². The van der Waals surface area contributed by atoms with E-state index in [-0.39, 0.29) is 20.2 Å². The molecule has 0 aromatic heterocycles. The van der Waals surface area contributed by atoms with Gasteiger partial charge in [-0.3, -0.25) is 9.29 Å². The number of likely N-dealkylation sites (tertiary alicyclic amines) is 1. The third-order valence-corrected chi connectivity index (χ3v) is 8.22. The minimum Gasteiger partial charge on any atom is -0.508 e. The summed E-state index contributed by atoms with van der Waals surface area (Å²) in [6, 6.07) is 20.8. The van der Waals surface area contributed by atoms with Gasteiger partial charge in [0.1, 0.15) is 30.0 Å². The zero-order chi connectivity index (χ0) is 26.8. The van der Waals surface area contributed by atoms with Crippen molar-refractivity contribution in [1.29, 1.82) is 0 Å². The van der Waals surface area contributed by atoms with Crippen molar-refractivity contribution in [2.24, 2.45) is 0 Å². The number of phenolic OH excluding ortho intramolecular Hbond substituents is 1. The molecule has 3 aliphatic rings. The number of ether oxygens (including phenoxy) is 2. The van der Waals surface area contributed by atoms with Gasteiger partial charge in [0.15, 0.2) is 0 Å². The number of halogens is 1. The Morgan fingerprint density at radius 2 is 1.82 bits per heavy atom. The number of allylic oxidation sites excluding steroid dienone is 1. The molecule has 3 aromatic rings. The summed E-state index contributed by atoms with van der Waals surface area (Å²) in [6.07, 6.45) is 4.56. The zero-order valence-corrected chi connectivity index (χ0v) is 22.7. The minimum atomic E-state index is -0.264. The number of phenols is 1. The predicted molar refractivity (Wildman–Crippen MR) is 161 cm³/mol. The number of rotatable bonds is 7. The van der Waals surface area contributed by atoms with E-state index in [0.717, 1.165) is 74.6 Å². The Balaban J connectivity index is 0.00000323. The molecule has 2 heterocycles. The van der Waals surface area contributed by atoms with E-state index in [0.29, 0.717) is 18.8 Å². The molecule has 1 aliphatic carbocycles. The van der Waals surface area contributed by atoms with Crippen molar-refractivity contribution < 1.29 is 19.0 Å². The van der Waals surface area contributed by atoms with E-state index in [1.54, 1.807) is 6.07 Å². The highest BCUT2D eigenvalue weighted by Crippen LogP contribution is 2.43. The average molecular weight is 545 g/mol. The second-order valence-corrected chi connectivity index (χ2v) is 10.9. The quantitative estimate of drug-likeness (QED) is 0.348. The molecule has 5 nitrogen and oxygen atoms in total. The summed E-state index contributed by atoms with van der Waals surface area (Å²) in [7, 11) is 2.11. The first-order chi connectivity index (χ1) is 19.1. The van der Waals surface area contributed by atoms with E-state index in [4.69, 9.17) is 9.47 Å². The lowest BCUT2D eigenvalue weighted by atomic mass is 9.87. The van der Waals surface area contributed by atoms with Crippen LogP contribution in [-0.4, -0.2) is 62.6 Å². The summed E-state index contributed by atoms with van der Waals surface area (Å²) in [4.78, 5) is 4.53. The normalized spacial score (nSPS) is 18.9. The van der Waals surface area contributed by atoms with Crippen LogP contribution < -0.4 is 14.4 Å². The maximum atomic E-state index is 12.6. The van der Waals surface area contributed by atoms with Crippen molar-refractivity contribution in [2.45, 2.75) is 45.6 Å². The van der Waals surface area contributed by atoms with Crippen LogP contribution in [0.3, 0.4) is 0 Å². The summed E-state index contributed by atoms with van der Waals surface area (Å²) in [5.41, 5.74) is 8.29. The Labute approximate surface area is 237 Å². The fourth-order valence-corrected chi connectivity index (χ4v) is 6.21. The Morgan fingerprint density at radius 1 is 1.00 bits per heavy atom. The second-order valence-electron chi connectivity index (χ2n) is 10.9. The molecule has 0 bridgehead atoms. The molecule has 0 saturated carbocycles. The molecule has 3 aromatic carbocycles. The number of hydrogen-bond acceptors (Lipinski definition) is 5. The van der Waals surface area contributed by atoms with Gasteiger partial charge in [-0.05, 0) is 102 Å². The largest absolute Gasteiger partial charge is 0.508 e. The standard InChI is InChI=1S/C33H37FN2O3.CH4/c1-35-18-19-38-32-21-25(8-13-31(32)35)29-5-2-4-24-20-26(37)9-12-30(24)33(29)23-6-10-27(11-7-23)39-28-14-17-36(22-28)16-3-15-34;/h6-13,20-21,28,37H,2-5,14-19,22H2,1H3;1H4/t28-;/m0./s1. The first-order valence-electron chi connectivity index (χ1n) is 14.2. The molecule has 1 N–H and O–H groups in total. The molecule has 1 fully saturated rings. The van der Waals surface area contributed by atoms with Crippen molar-refractivity contribution in [2.75, 3.05) is 51.4 Å². The fraction of sp³-hybridized carbons (Fsp3) is 0.412. The molecular weight excluding hydrogens is 503 g/mol. The zero-order valence-electron chi connectivity index (χ0n) is 22.7. The van der Waals surface area contributed by atoms with Gasteiger partial charge in [-0.1, -0.05) is 31.7 Å². The van der Waals surface area contributed by atoms with Gasteiger partial charge in [0.05, 0.1) is 18.9 Å². The summed E-state index contributed by atoms with van der Waals surface area (Å²) in [5.74, 6) is 2.11. The van der Waals surface area contributed by atoms with E-state index >= 15 is 0 Å². The van der Waals surface area contributed by atoms with E-state index in [2.05, 4.69) is 65.4 Å². The van der Waals surface area contributed by atoms with Gasteiger partial charge in [0.2, 0.25) is 0 Å². The Bertz CT molecular complexity index is 1350. The van der Waals surface area contributed by atoms with Crippen molar-refractivity contribution in [3.63, 3.8) is 0 Å². The number of alkyl halides is 1. The number of likely N-dealkylation sites (N-methyl/N-ethyl adjacent to an activating group) is 1. The van der Waals surface area contributed by atoms with Crippen LogP contribution in [0.2, 0.25) is 0 Å². The lowest BCUT2D eigenvalue weighted by Crippen LogP contribution is -2.28. The second kappa shape index (κ2) is 12.3. The van der Waals surface area contributed by atoms with Crippen molar-refractivity contribution in [3.05, 3.63) is 82.9 Å². The molecule has 0 radical (unpaired) electrons. The maximum absolute atomic E-state index is 12.6. The number of fused-ring (bicyclic) bond motifs is 2. The number of aryl methyl sites for hydroxylation is 1. The first-order valence-corrected chi connectivity index (χ1v) is 14.2. The van der Waals surface area contributed by atoms with Gasteiger partial charge < -0.3 is 19.5 Å². The molecule has 0 amide bonds. The molecule has 40 heavy (non-hydrogen) atoms. The highest BCUT2D eigenvalue weighted by Gasteiger charge is 2.25. The van der Waals surface area contributed by atoms with Gasteiger partial charge in [0, 0.05) is 26.7 Å². The van der Waals surface area contributed by atoms with Crippen LogP contribution in [0.15, 0.2) is 60.7 Å². The Hall–Kier alpha value is -3.51. The molecule has 2 aliphatic heterocycles. The molecular formula is C34H41FN2O3. The molecule has 6 rings (SSSR count). The molecule has 0 unspecified atom stereocenters. The van der Waals surface area contributed by atoms with E-state index in [1.807, 2.05) is 6.07 Å². The lowest BCUT2D eigenvalue weighted by Gasteiger charge is -2.28. The van der Waals surface area contributed by atoms with E-state index < -0.39 is 0 Å². The SMILES string of the molecule is C.CN1CCOc2cc(C3=C(c4ccc(O[C@H]5CCN(CCCF)C5)cc4)c4ccc(O)cc4CCC3)ccc21. The van der Waals surface area contributed by atoms with Crippen LogP contribution in [0.4, 0.5) is 10.1 Å². The molecule has 1 saturated heterocycles. The van der Waals surface area contributed by atoms with Crippen LogP contribution in [0.1, 0.15) is 55.4 Å². The van der Waals surface area contributed by atoms with Crippen LogP contribution in [-0.2, 0) is 6.42 Å². The summed E-state index contributed by atoms with van der Waals surface area (Å²) in [6.45, 7) is 3.93. The highest BCUT2D eigenvalue weighted by molar-refractivity contribution is 6.00. The Kier molecular flexibility index (Phi) is 8.65. The molecule has 212 valence electrons. The van der Waals surface area contributed by atoms with Crippen LogP contribution in [0.5, 0.6) is 17.2 Å². The van der Waals surface area contributed by atoms with E-state index in [9.17, 15) is 9.50 Å². The first kappa shape index (κ1) is 28.0. The molecule has 0 spiro atoms. The maximum Gasteiger partial charge on any atom is 0.143 e. The molecule has 1 atom stereocenters. The highest BCUT2D eigenvalue weighted by atomic mass is 19.1. The van der Waals surface area contributed by atoms with Crippen LogP contribution in [0, 0.1) is 0 Å². The number of benzene rings is 3. The summed E-state index contributed by atoms with van der Waals surface area (Å²) < 4.78 is 24.9. The topological polar surface area (TPSA) is 45.2 Å². The van der Waals surface area contributed by atoms with Crippen molar-refractivity contribution >= 4 is 16.8 Å². The smallest absolute Gasteiger partial charge is 0.143 e. The summed E-state index contributed by atoms with van der Waals surface area (Å²) in [5, 5.41) is 10.2. The number of aromatic hydroxyl groups is 1. The molecule has 6 heteroatoms. The number of hydrogen-bond donors (Lipinski definition) is 1. The van der Waals surface area contributed by atoms with Crippen molar-refractivity contribution in [1.82, 2.24) is 4.90 Å². The summed E-state index contributed by atoms with van der Waals surface area (Å²) >= 11 is 0. The fourth-order valence-electron chi connectivity index (χ4n) is 6.21. The van der Waals surface area contributed by atoms with Crippen LogP contribution in [0.25, 0.3) is 11.1 Å². The van der Waals surface area contributed by atoms with Gasteiger partial charge >= 0.3 is 0 Å². The Morgan fingerprint density at radius 3 is 2.65 bits per heavy atom. The third-order valence-electron chi connectivity index (χ3n) is 8.22. The van der Waals surface area contributed by atoms with Gasteiger partial charge in [0.25, 0.3) is 0 Å². The van der Waals surface area contributed by atoms with Gasteiger partial charge in [-0.25, -0.2) is 0 Å². The minimum absolute atomic E-state index is 0. The van der Waals surface area contributed by atoms with Gasteiger partial charge in [-0.15, -0.1) is 0 Å². The lowest BCUT2D eigenvalue weighted by molar-refractivity contribution is 0.198. The van der Waals surface area contributed by atoms with Crippen molar-refractivity contribution in [3.8, 4) is 17.2 Å². The predicted octanol–water partition coefficient (Wildman–Crippen LogP) is 6.97. The van der Waals surface area contributed by atoms with Gasteiger partial charge in [-0.2, -0.15) is 0 Å². The average Bonchev–Trinajstić information content (AvgIpc) is 3.31.